The molecule has 0 amide bonds. The van der Waals surface area contributed by atoms with Crippen molar-refractivity contribution in [3.05, 3.63) is 24.6 Å². The smallest absolute Gasteiger partial charge is 0.166 e. The molecule has 1 rings (SSSR count). The van der Waals surface area contributed by atoms with E-state index in [-0.39, 0.29) is 6.61 Å². The fraction of sp³-hybridized carbons (Fsp3) is 0.857. The van der Waals surface area contributed by atoms with Crippen molar-refractivity contribution in [2.45, 2.75) is 136 Å². The topological polar surface area (TPSA) is 32.3 Å². The minimum Gasteiger partial charge on any atom is -0.390 e. The van der Waals surface area contributed by atoms with Crippen molar-refractivity contribution in [2.75, 3.05) is 19.7 Å². The molecule has 3 nitrogen and oxygen atoms in total. The molecule has 2 atom stereocenters. The van der Waals surface area contributed by atoms with E-state index in [0.29, 0.717) is 6.17 Å². The van der Waals surface area contributed by atoms with Crippen molar-refractivity contribution in [3.63, 3.8) is 0 Å². The molecule has 0 aromatic rings. The lowest BCUT2D eigenvalue weighted by Crippen LogP contribution is -2.54. The Labute approximate surface area is 195 Å². The lowest BCUT2D eigenvalue weighted by atomic mass is 10.0. The molecule has 1 aliphatic heterocycles. The summed E-state index contributed by atoms with van der Waals surface area (Å²) >= 11 is 0. The number of nitrogens with one attached hydrogen (secondary N) is 1. The SMILES string of the molecule is CCCCCCCCCCCCCCC/C=C/CCCCC1NC=C[N+]1(CC)CCO. The first-order valence-electron chi connectivity index (χ1n) is 13.8. The number of unbranched alkanes of at least 4 members (excludes halogenated alkanes) is 15. The van der Waals surface area contributed by atoms with Crippen LogP contribution in [-0.2, 0) is 0 Å². The minimum absolute atomic E-state index is 0.262. The number of likely N-dealkylation sites (N-methyl/N-ethyl adjacent to an activating group) is 1. The highest BCUT2D eigenvalue weighted by Crippen LogP contribution is 2.22. The first kappa shape index (κ1) is 28.2. The van der Waals surface area contributed by atoms with Crippen LogP contribution in [0.4, 0.5) is 0 Å². The van der Waals surface area contributed by atoms with Gasteiger partial charge in [-0.05, 0) is 39.0 Å². The molecular weight excluding hydrogens is 380 g/mol. The van der Waals surface area contributed by atoms with E-state index in [9.17, 15) is 5.11 Å². The highest BCUT2D eigenvalue weighted by Gasteiger charge is 2.35. The summed E-state index contributed by atoms with van der Waals surface area (Å²) in [4.78, 5) is 0. The van der Waals surface area contributed by atoms with Crippen molar-refractivity contribution in [1.29, 1.82) is 0 Å². The summed E-state index contributed by atoms with van der Waals surface area (Å²) in [6.07, 6.45) is 34.4. The fourth-order valence-corrected chi connectivity index (χ4v) is 4.91. The first-order valence-corrected chi connectivity index (χ1v) is 13.8. The van der Waals surface area contributed by atoms with Crippen molar-refractivity contribution in [2.24, 2.45) is 0 Å². The molecule has 182 valence electrons. The maximum atomic E-state index is 9.39. The Morgan fingerprint density at radius 1 is 0.742 bits per heavy atom. The van der Waals surface area contributed by atoms with E-state index in [1.807, 2.05) is 0 Å². The summed E-state index contributed by atoms with van der Waals surface area (Å²) in [5, 5.41) is 12.9. The average molecular weight is 436 g/mol. The van der Waals surface area contributed by atoms with E-state index in [0.717, 1.165) is 17.6 Å². The van der Waals surface area contributed by atoms with Crippen LogP contribution >= 0.6 is 0 Å². The van der Waals surface area contributed by atoms with Gasteiger partial charge in [-0.25, -0.2) is 0 Å². The van der Waals surface area contributed by atoms with Crippen molar-refractivity contribution >= 4 is 0 Å². The summed E-state index contributed by atoms with van der Waals surface area (Å²) in [7, 11) is 0. The van der Waals surface area contributed by atoms with Gasteiger partial charge in [-0.2, -0.15) is 0 Å². The third-order valence-electron chi connectivity index (χ3n) is 7.13. The maximum Gasteiger partial charge on any atom is 0.166 e. The molecule has 3 heteroatoms. The zero-order chi connectivity index (χ0) is 22.5. The molecule has 0 spiro atoms. The Hall–Kier alpha value is -0.800. The summed E-state index contributed by atoms with van der Waals surface area (Å²) in [5.41, 5.74) is 0. The molecule has 0 aromatic carbocycles. The van der Waals surface area contributed by atoms with Gasteiger partial charge in [0.25, 0.3) is 0 Å². The van der Waals surface area contributed by atoms with E-state index in [2.05, 4.69) is 43.7 Å². The van der Waals surface area contributed by atoms with Crippen LogP contribution in [0.2, 0.25) is 0 Å². The third kappa shape index (κ3) is 13.4. The van der Waals surface area contributed by atoms with Crippen LogP contribution in [0.1, 0.15) is 129 Å². The standard InChI is InChI=1S/C28H55N2O/c1-3-5-6-7-8-9-10-11-12-13-14-15-16-17-18-19-20-21-22-23-28-29-24-25-30(28,4-2)26-27-31/h18-19,24-25,28-29,31H,3-17,20-23,26-27H2,1-2H3/q+1/b19-18+. The van der Waals surface area contributed by atoms with Crippen molar-refractivity contribution in [3.8, 4) is 0 Å². The molecule has 0 saturated carbocycles. The predicted molar refractivity (Wildman–Crippen MR) is 137 cm³/mol. The predicted octanol–water partition coefficient (Wildman–Crippen LogP) is 7.81. The Balaban J connectivity index is 1.85. The highest BCUT2D eigenvalue weighted by molar-refractivity contribution is 4.85. The van der Waals surface area contributed by atoms with E-state index >= 15 is 0 Å². The molecule has 0 saturated heterocycles. The molecular formula is C28H55N2O+. The summed E-state index contributed by atoms with van der Waals surface area (Å²) < 4.78 is 0.894. The first-order chi connectivity index (χ1) is 15.3. The number of allylic oxidation sites excluding steroid dienone is 2. The Bertz CT molecular complexity index is 448. The van der Waals surface area contributed by atoms with Crippen molar-refractivity contribution in [1.82, 2.24) is 5.32 Å². The Morgan fingerprint density at radius 2 is 1.26 bits per heavy atom. The molecule has 2 N–H and O–H groups in total. The molecule has 0 radical (unpaired) electrons. The molecule has 0 fully saturated rings. The van der Waals surface area contributed by atoms with E-state index < -0.39 is 0 Å². The van der Waals surface area contributed by atoms with Gasteiger partial charge >= 0.3 is 0 Å². The second-order valence-electron chi connectivity index (χ2n) is 9.65. The van der Waals surface area contributed by atoms with Crippen LogP contribution in [-0.4, -0.2) is 35.5 Å². The summed E-state index contributed by atoms with van der Waals surface area (Å²) in [6.45, 7) is 6.65. The number of aliphatic hydroxyl groups excluding tert-OH is 1. The third-order valence-corrected chi connectivity index (χ3v) is 7.13. The Kier molecular flexibility index (Phi) is 18.1. The van der Waals surface area contributed by atoms with Gasteiger partial charge in [0.1, 0.15) is 12.7 Å². The lowest BCUT2D eigenvalue weighted by Gasteiger charge is -2.36. The average Bonchev–Trinajstić information content (AvgIpc) is 3.18. The van der Waals surface area contributed by atoms with Gasteiger partial charge in [-0.15, -0.1) is 0 Å². The van der Waals surface area contributed by atoms with Crippen LogP contribution in [0.3, 0.4) is 0 Å². The molecule has 0 aliphatic carbocycles. The highest BCUT2D eigenvalue weighted by atomic mass is 16.3. The van der Waals surface area contributed by atoms with Crippen LogP contribution in [0.15, 0.2) is 24.6 Å². The number of rotatable bonds is 22. The van der Waals surface area contributed by atoms with Gasteiger partial charge in [0.2, 0.25) is 0 Å². The van der Waals surface area contributed by atoms with Gasteiger partial charge in [-0.3, -0.25) is 4.48 Å². The normalized spacial score (nSPS) is 20.7. The second kappa shape index (κ2) is 19.9. The molecule has 1 heterocycles. The maximum absolute atomic E-state index is 9.39. The Morgan fingerprint density at radius 3 is 1.77 bits per heavy atom. The largest absolute Gasteiger partial charge is 0.390 e. The number of nitrogens with zero attached hydrogens (tertiary/aromatic N) is 1. The molecule has 2 unspecified atom stereocenters. The summed E-state index contributed by atoms with van der Waals surface area (Å²) in [5.74, 6) is 0. The molecule has 1 aliphatic rings. The van der Waals surface area contributed by atoms with Gasteiger partial charge < -0.3 is 10.4 Å². The fourth-order valence-electron chi connectivity index (χ4n) is 4.91. The molecule has 0 bridgehead atoms. The monoisotopic (exact) mass is 435 g/mol. The van der Waals surface area contributed by atoms with Crippen LogP contribution in [0.25, 0.3) is 0 Å². The van der Waals surface area contributed by atoms with Gasteiger partial charge in [0.05, 0.1) is 19.4 Å². The van der Waals surface area contributed by atoms with E-state index in [4.69, 9.17) is 0 Å². The lowest BCUT2D eigenvalue weighted by molar-refractivity contribution is -0.900. The van der Waals surface area contributed by atoms with Crippen LogP contribution in [0.5, 0.6) is 0 Å². The number of aliphatic hydroxyl groups is 1. The van der Waals surface area contributed by atoms with E-state index in [1.165, 1.54) is 116 Å². The quantitative estimate of drug-likeness (QED) is 0.103. The van der Waals surface area contributed by atoms with Crippen molar-refractivity contribution < 1.29 is 9.59 Å². The zero-order valence-electron chi connectivity index (χ0n) is 21.1. The number of hydrogen-bond acceptors (Lipinski definition) is 2. The van der Waals surface area contributed by atoms with Gasteiger partial charge in [0.15, 0.2) is 6.17 Å². The minimum atomic E-state index is 0.262. The van der Waals surface area contributed by atoms with Crippen LogP contribution in [0, 0.1) is 0 Å². The van der Waals surface area contributed by atoms with Crippen LogP contribution < -0.4 is 5.32 Å². The molecule has 0 aromatic heterocycles. The molecule has 31 heavy (non-hydrogen) atoms. The zero-order valence-corrected chi connectivity index (χ0v) is 21.1. The number of hydrogen-bond donors (Lipinski definition) is 2. The number of quaternary nitrogens is 1. The van der Waals surface area contributed by atoms with Gasteiger partial charge in [0, 0.05) is 6.42 Å². The van der Waals surface area contributed by atoms with Gasteiger partial charge in [-0.1, -0.05) is 96.1 Å². The second-order valence-corrected chi connectivity index (χ2v) is 9.65. The summed E-state index contributed by atoms with van der Waals surface area (Å²) in [6, 6.07) is 0. The van der Waals surface area contributed by atoms with E-state index in [1.54, 1.807) is 0 Å².